The highest BCUT2D eigenvalue weighted by Crippen LogP contribution is 2.50. The van der Waals surface area contributed by atoms with Gasteiger partial charge in [0.15, 0.2) is 0 Å². The Labute approximate surface area is 203 Å². The molecule has 6 aliphatic heterocycles. The Hall–Kier alpha value is -2.44. The number of piperidine rings is 2. The minimum absolute atomic E-state index is 0.713. The molecule has 8 rings (SSSR count). The van der Waals surface area contributed by atoms with Crippen LogP contribution in [0.5, 0.6) is 0 Å². The van der Waals surface area contributed by atoms with Gasteiger partial charge in [0.1, 0.15) is 0 Å². The second-order valence-electron chi connectivity index (χ2n) is 11.0. The van der Waals surface area contributed by atoms with Crippen LogP contribution >= 0.6 is 0 Å². The first kappa shape index (κ1) is 20.9. The van der Waals surface area contributed by atoms with E-state index >= 15 is 0 Å². The smallest absolute Gasteiger partial charge is 0.0644 e. The topological polar surface area (TPSA) is 37.0 Å². The second-order valence-corrected chi connectivity index (χ2v) is 11.0. The van der Waals surface area contributed by atoms with E-state index in [4.69, 9.17) is 0 Å². The van der Waals surface area contributed by atoms with E-state index in [1.54, 1.807) is 11.1 Å². The van der Waals surface area contributed by atoms with E-state index in [1.165, 1.54) is 61.8 Å². The van der Waals surface area contributed by atoms with Gasteiger partial charge in [-0.2, -0.15) is 0 Å². The largest absolute Gasteiger partial charge is 0.371 e. The summed E-state index contributed by atoms with van der Waals surface area (Å²) in [6, 6.07) is 15.2. The molecule has 6 heterocycles. The molecule has 2 N–H and O–H groups in total. The van der Waals surface area contributed by atoms with Crippen molar-refractivity contribution in [2.75, 3.05) is 86.1 Å². The summed E-state index contributed by atoms with van der Waals surface area (Å²) in [4.78, 5) is 10.2. The molecule has 2 aromatic rings. The van der Waals surface area contributed by atoms with Gasteiger partial charge >= 0.3 is 0 Å². The molecular formula is C28H38N6. The number of para-hydroxylation sites is 2. The highest BCUT2D eigenvalue weighted by atomic mass is 15.3. The molecule has 0 saturated carbocycles. The minimum atomic E-state index is 0.713. The van der Waals surface area contributed by atoms with Crippen molar-refractivity contribution in [3.05, 3.63) is 47.5 Å². The molecule has 0 radical (unpaired) electrons. The van der Waals surface area contributed by atoms with Crippen molar-refractivity contribution in [3.63, 3.8) is 0 Å². The fourth-order valence-electron chi connectivity index (χ4n) is 7.65. The SMILES string of the molecule is CN1CCN2c3c(cccc31)[C@@H]1CNCC[C@@H]12.CN1CCN2c3c(cccc31)[C@H]1CNCC[C@H]12. The van der Waals surface area contributed by atoms with Gasteiger partial charge in [0.2, 0.25) is 0 Å². The zero-order chi connectivity index (χ0) is 22.8. The first-order valence-electron chi connectivity index (χ1n) is 13.3. The summed E-state index contributed by atoms with van der Waals surface area (Å²) in [6.07, 6.45) is 2.59. The van der Waals surface area contributed by atoms with Crippen LogP contribution in [0, 0.1) is 0 Å². The molecule has 0 aromatic heterocycles. The van der Waals surface area contributed by atoms with Gasteiger partial charge in [0.05, 0.1) is 22.7 Å². The molecule has 4 atom stereocenters. The van der Waals surface area contributed by atoms with Crippen molar-refractivity contribution in [1.29, 1.82) is 0 Å². The Morgan fingerprint density at radius 1 is 0.647 bits per heavy atom. The van der Waals surface area contributed by atoms with Crippen LogP contribution in [-0.2, 0) is 0 Å². The number of nitrogens with zero attached hydrogens (tertiary/aromatic N) is 4. The average molecular weight is 459 g/mol. The van der Waals surface area contributed by atoms with Gasteiger partial charge in [-0.15, -0.1) is 0 Å². The molecule has 2 saturated heterocycles. The summed E-state index contributed by atoms with van der Waals surface area (Å²) in [7, 11) is 4.43. The van der Waals surface area contributed by atoms with Crippen molar-refractivity contribution in [3.8, 4) is 0 Å². The molecule has 0 bridgehead atoms. The monoisotopic (exact) mass is 458 g/mol. The summed E-state index contributed by atoms with van der Waals surface area (Å²) in [5, 5.41) is 7.11. The molecule has 0 spiro atoms. The van der Waals surface area contributed by atoms with Crippen molar-refractivity contribution >= 4 is 22.7 Å². The molecule has 0 amide bonds. The molecule has 2 aromatic carbocycles. The maximum absolute atomic E-state index is 3.55. The van der Waals surface area contributed by atoms with Crippen LogP contribution in [-0.4, -0.2) is 78.5 Å². The lowest BCUT2D eigenvalue weighted by atomic mass is 9.90. The van der Waals surface area contributed by atoms with Gasteiger partial charge in [-0.05, 0) is 49.2 Å². The maximum atomic E-state index is 3.55. The molecule has 0 unspecified atom stereocenters. The third kappa shape index (κ3) is 3.01. The Morgan fingerprint density at radius 2 is 1.12 bits per heavy atom. The molecule has 6 nitrogen and oxygen atoms in total. The zero-order valence-electron chi connectivity index (χ0n) is 20.6. The van der Waals surface area contributed by atoms with E-state index in [0.717, 1.165) is 38.3 Å². The van der Waals surface area contributed by atoms with E-state index < -0.39 is 0 Å². The van der Waals surface area contributed by atoms with Gasteiger partial charge in [0.25, 0.3) is 0 Å². The van der Waals surface area contributed by atoms with Gasteiger partial charge in [-0.1, -0.05) is 24.3 Å². The third-order valence-electron chi connectivity index (χ3n) is 9.33. The first-order chi connectivity index (χ1) is 16.7. The van der Waals surface area contributed by atoms with E-state index in [1.807, 2.05) is 0 Å². The van der Waals surface area contributed by atoms with Crippen LogP contribution in [0.3, 0.4) is 0 Å². The zero-order valence-corrected chi connectivity index (χ0v) is 20.6. The summed E-state index contributed by atoms with van der Waals surface area (Å²) in [5.74, 6) is 1.43. The highest BCUT2D eigenvalue weighted by molar-refractivity contribution is 5.81. The number of rotatable bonds is 0. The van der Waals surface area contributed by atoms with Gasteiger partial charge in [0, 0.05) is 77.3 Å². The predicted molar refractivity (Wildman–Crippen MR) is 142 cm³/mol. The van der Waals surface area contributed by atoms with Crippen LogP contribution in [0.25, 0.3) is 0 Å². The van der Waals surface area contributed by atoms with Crippen LogP contribution in [0.1, 0.15) is 35.8 Å². The van der Waals surface area contributed by atoms with Crippen LogP contribution in [0.15, 0.2) is 36.4 Å². The summed E-state index contributed by atoms with van der Waals surface area (Å²) < 4.78 is 0. The number of benzene rings is 2. The lowest BCUT2D eigenvalue weighted by molar-refractivity contribution is 0.402. The van der Waals surface area contributed by atoms with Crippen LogP contribution < -0.4 is 30.2 Å². The van der Waals surface area contributed by atoms with Crippen LogP contribution in [0.2, 0.25) is 0 Å². The fraction of sp³-hybridized carbons (Fsp3) is 0.571. The van der Waals surface area contributed by atoms with Crippen molar-refractivity contribution in [2.45, 2.75) is 36.8 Å². The number of likely N-dealkylation sites (N-methyl/N-ethyl adjacent to an activating group) is 2. The Morgan fingerprint density at radius 3 is 1.59 bits per heavy atom. The van der Waals surface area contributed by atoms with Crippen LogP contribution in [0.4, 0.5) is 22.7 Å². The van der Waals surface area contributed by atoms with Gasteiger partial charge in [-0.25, -0.2) is 0 Å². The fourth-order valence-corrected chi connectivity index (χ4v) is 7.65. The molecule has 34 heavy (non-hydrogen) atoms. The highest BCUT2D eigenvalue weighted by Gasteiger charge is 2.43. The van der Waals surface area contributed by atoms with Crippen molar-refractivity contribution in [2.24, 2.45) is 0 Å². The second kappa shape index (κ2) is 8.06. The number of fused-ring (bicyclic) bond motifs is 6. The molecule has 180 valence electrons. The lowest BCUT2D eigenvalue weighted by Gasteiger charge is -2.39. The number of nitrogens with one attached hydrogen (secondary N) is 2. The Kier molecular flexibility index (Phi) is 4.95. The first-order valence-corrected chi connectivity index (χ1v) is 13.3. The number of hydrogen-bond acceptors (Lipinski definition) is 6. The van der Waals surface area contributed by atoms with Crippen molar-refractivity contribution in [1.82, 2.24) is 10.6 Å². The van der Waals surface area contributed by atoms with Gasteiger partial charge < -0.3 is 30.2 Å². The average Bonchev–Trinajstić information content (AvgIpc) is 3.39. The summed E-state index contributed by atoms with van der Waals surface area (Å²) in [6.45, 7) is 9.37. The normalized spacial score (nSPS) is 30.2. The standard InChI is InChI=1S/2C14H19N3/c2*1-16-7-8-17-12-5-6-15-9-11(12)10-3-2-4-13(16)14(10)17/h2*2-4,11-12,15H,5-9H2,1H3/t2*11-,12-/m10/s1. The van der Waals surface area contributed by atoms with E-state index in [9.17, 15) is 0 Å². The number of hydrogen-bond donors (Lipinski definition) is 2. The van der Waals surface area contributed by atoms with Gasteiger partial charge in [-0.3, -0.25) is 0 Å². The maximum Gasteiger partial charge on any atom is 0.0644 e. The predicted octanol–water partition coefficient (Wildman–Crippen LogP) is 2.80. The quantitative estimate of drug-likeness (QED) is 0.633. The van der Waals surface area contributed by atoms with E-state index in [0.29, 0.717) is 11.8 Å². The Balaban J connectivity index is 0.000000118. The molecule has 2 fully saturated rings. The molecular weight excluding hydrogens is 420 g/mol. The minimum Gasteiger partial charge on any atom is -0.371 e. The lowest BCUT2D eigenvalue weighted by Crippen LogP contribution is -2.48. The third-order valence-corrected chi connectivity index (χ3v) is 9.33. The molecule has 0 aliphatic carbocycles. The van der Waals surface area contributed by atoms with E-state index in [-0.39, 0.29) is 0 Å². The number of anilines is 4. The Bertz CT molecular complexity index is 999. The summed E-state index contributed by atoms with van der Waals surface area (Å²) in [5.41, 5.74) is 9.07. The van der Waals surface area contributed by atoms with Crippen molar-refractivity contribution < 1.29 is 0 Å². The summed E-state index contributed by atoms with van der Waals surface area (Å²) >= 11 is 0. The molecule has 6 heteroatoms. The molecule has 6 aliphatic rings. The van der Waals surface area contributed by atoms with E-state index in [2.05, 4.69) is 80.7 Å².